The van der Waals surface area contributed by atoms with E-state index >= 15 is 0 Å². The van der Waals surface area contributed by atoms with Gasteiger partial charge in [-0.15, -0.1) is 0 Å². The minimum Gasteiger partial charge on any atom is -0.472 e. The van der Waals surface area contributed by atoms with E-state index in [4.69, 9.17) is 15.5 Å². The Bertz CT molecular complexity index is 1840. The summed E-state index contributed by atoms with van der Waals surface area (Å²) < 4.78 is 34.1. The van der Waals surface area contributed by atoms with Crippen LogP contribution in [0.15, 0.2) is 60.7 Å². The highest BCUT2D eigenvalue weighted by Gasteiger charge is 2.62. The molecule has 2 aliphatic carbocycles. The lowest BCUT2D eigenvalue weighted by Crippen LogP contribution is -2.57. The molecule has 2 saturated carbocycles. The van der Waals surface area contributed by atoms with Crippen LogP contribution in [0, 0.1) is 5.92 Å². The quantitative estimate of drug-likeness (QED) is 0.282. The average Bonchev–Trinajstić information content (AvgIpc) is 3.97. The van der Waals surface area contributed by atoms with Crippen LogP contribution in [-0.4, -0.2) is 71.5 Å². The van der Waals surface area contributed by atoms with Gasteiger partial charge in [0.25, 0.3) is 5.91 Å². The molecule has 3 aromatic rings. The van der Waals surface area contributed by atoms with Crippen LogP contribution in [-0.2, 0) is 24.4 Å². The molecule has 242 valence electrons. The molecule has 2 aromatic carbocycles. The molecule has 0 bridgehead atoms. The normalized spacial score (nSPS) is 28.9. The number of pyridine rings is 1. The van der Waals surface area contributed by atoms with Gasteiger partial charge in [0.2, 0.25) is 27.7 Å². The van der Waals surface area contributed by atoms with Gasteiger partial charge in [-0.25, -0.2) is 13.4 Å². The predicted molar refractivity (Wildman–Crippen MR) is 173 cm³/mol. The number of amides is 3. The molecule has 11 nitrogen and oxygen atoms in total. The molecule has 1 aromatic heterocycles. The highest BCUT2D eigenvalue weighted by molar-refractivity contribution is 7.91. The number of ether oxygens (including phenoxy) is 1. The number of allylic oxidation sites excluding steroid dienone is 1. The van der Waals surface area contributed by atoms with E-state index in [1.807, 2.05) is 60.7 Å². The number of carbonyl (C=O) groups is 3. The molecule has 5 atom stereocenters. The molecular weight excluding hydrogens is 606 g/mol. The first-order chi connectivity index (χ1) is 22.2. The summed E-state index contributed by atoms with van der Waals surface area (Å²) in [6.07, 6.45) is 8.56. The number of hydrogen-bond donors (Lipinski definition) is 3. The summed E-state index contributed by atoms with van der Waals surface area (Å²) in [7, 11) is -3.82. The van der Waals surface area contributed by atoms with Crippen molar-refractivity contribution in [2.45, 2.75) is 86.8 Å². The van der Waals surface area contributed by atoms with Crippen LogP contribution >= 0.6 is 0 Å². The molecule has 3 fully saturated rings. The fraction of sp³-hybridized carbons (Fsp3) is 0.471. The van der Waals surface area contributed by atoms with Crippen molar-refractivity contribution in [1.82, 2.24) is 19.9 Å². The third-order valence-corrected chi connectivity index (χ3v) is 11.6. The summed E-state index contributed by atoms with van der Waals surface area (Å²) >= 11 is 0. The number of para-hydroxylation sites is 1. The zero-order chi connectivity index (χ0) is 32.1. The number of carbonyl (C=O) groups excluding carboxylic acids is 3. The summed E-state index contributed by atoms with van der Waals surface area (Å²) in [4.78, 5) is 47.6. The van der Waals surface area contributed by atoms with Crippen molar-refractivity contribution >= 4 is 49.4 Å². The Labute approximate surface area is 268 Å². The lowest BCUT2D eigenvalue weighted by molar-refractivity contribution is -0.140. The maximum atomic E-state index is 14.1. The van der Waals surface area contributed by atoms with Crippen molar-refractivity contribution in [3.05, 3.63) is 60.7 Å². The molecule has 2 aliphatic heterocycles. The number of aromatic nitrogens is 1. The number of hydrogen-bond acceptors (Lipinski definition) is 8. The Hall–Kier alpha value is -4.03. The standard InChI is InChI=1S/C34H39N5O6S/c35-27-14-5-3-1-2-4-10-21-19-34(21,33(42)38-46(43,44)23-16-17-23)37-30(40)29-18-22(20-39(29)32(27)41)45-31-26-13-7-6-11-24(26)25-12-8-9-15-28(25)36-31/h4,6-13,15,21-23,27,29H,1-3,5,14,16-20,35H2,(H,37,40)(H,38,42). The molecule has 4 N–H and O–H groups in total. The Morgan fingerprint density at radius 2 is 1.74 bits per heavy atom. The van der Waals surface area contributed by atoms with Gasteiger partial charge >= 0.3 is 0 Å². The largest absolute Gasteiger partial charge is 0.472 e. The van der Waals surface area contributed by atoms with E-state index in [0.29, 0.717) is 25.1 Å². The topological polar surface area (TPSA) is 161 Å². The Morgan fingerprint density at radius 1 is 1.00 bits per heavy atom. The molecule has 5 unspecified atom stereocenters. The molecular formula is C34H39N5O6S. The number of benzene rings is 2. The van der Waals surface area contributed by atoms with E-state index in [2.05, 4.69) is 10.0 Å². The van der Waals surface area contributed by atoms with Gasteiger partial charge in [0.15, 0.2) is 0 Å². The molecule has 46 heavy (non-hydrogen) atoms. The number of sulfonamides is 1. The van der Waals surface area contributed by atoms with Gasteiger partial charge in [0.05, 0.1) is 23.4 Å². The van der Waals surface area contributed by atoms with Crippen molar-refractivity contribution in [3.8, 4) is 5.88 Å². The molecule has 3 heterocycles. The van der Waals surface area contributed by atoms with Crippen molar-refractivity contribution in [1.29, 1.82) is 0 Å². The second-order valence-corrected chi connectivity index (χ2v) is 15.0. The highest BCUT2D eigenvalue weighted by atomic mass is 32.2. The van der Waals surface area contributed by atoms with Crippen molar-refractivity contribution in [3.63, 3.8) is 0 Å². The molecule has 0 radical (unpaired) electrons. The van der Waals surface area contributed by atoms with Gasteiger partial charge in [-0.05, 0) is 56.0 Å². The number of nitrogens with zero attached hydrogens (tertiary/aromatic N) is 2. The monoisotopic (exact) mass is 645 g/mol. The maximum absolute atomic E-state index is 14.1. The SMILES string of the molecule is NC1CCCCCC=CC2CC2(C(=O)NS(=O)(=O)C2CC2)NC(=O)C2CC(Oc3nc4ccccc4c4ccccc34)CN2C1=O. The van der Waals surface area contributed by atoms with E-state index in [1.54, 1.807) is 0 Å². The summed E-state index contributed by atoms with van der Waals surface area (Å²) in [6, 6.07) is 13.9. The predicted octanol–water partition coefficient (Wildman–Crippen LogP) is 3.07. The van der Waals surface area contributed by atoms with E-state index in [9.17, 15) is 22.8 Å². The summed E-state index contributed by atoms with van der Waals surface area (Å²) in [6.45, 7) is 0.117. The maximum Gasteiger partial charge on any atom is 0.259 e. The molecule has 7 rings (SSSR count). The molecule has 3 amide bonds. The van der Waals surface area contributed by atoms with Gasteiger partial charge in [0, 0.05) is 23.1 Å². The second kappa shape index (κ2) is 12.0. The zero-order valence-corrected chi connectivity index (χ0v) is 26.4. The molecule has 4 aliphatic rings. The van der Waals surface area contributed by atoms with E-state index in [1.165, 1.54) is 4.90 Å². The smallest absolute Gasteiger partial charge is 0.259 e. The third kappa shape index (κ3) is 5.84. The fourth-order valence-corrected chi connectivity index (χ4v) is 8.23. The van der Waals surface area contributed by atoms with Crippen molar-refractivity contribution in [2.75, 3.05) is 6.54 Å². The molecule has 12 heteroatoms. The van der Waals surface area contributed by atoms with Crippen LogP contribution in [0.4, 0.5) is 0 Å². The average molecular weight is 646 g/mol. The molecule has 1 saturated heterocycles. The minimum atomic E-state index is -3.82. The summed E-state index contributed by atoms with van der Waals surface area (Å²) in [5.41, 5.74) is 5.74. The van der Waals surface area contributed by atoms with E-state index in [-0.39, 0.29) is 31.2 Å². The molecule has 0 spiro atoms. The zero-order valence-electron chi connectivity index (χ0n) is 25.6. The van der Waals surface area contributed by atoms with Crippen LogP contribution < -0.4 is 20.5 Å². The van der Waals surface area contributed by atoms with Gasteiger partial charge < -0.3 is 20.7 Å². The Morgan fingerprint density at radius 3 is 2.52 bits per heavy atom. The van der Waals surface area contributed by atoms with Crippen LogP contribution in [0.5, 0.6) is 5.88 Å². The second-order valence-electron chi connectivity index (χ2n) is 13.1. The van der Waals surface area contributed by atoms with Crippen molar-refractivity contribution in [2.24, 2.45) is 11.7 Å². The number of nitrogens with two attached hydrogens (primary N) is 1. The van der Waals surface area contributed by atoms with Crippen LogP contribution in [0.2, 0.25) is 0 Å². The Kier molecular flexibility index (Phi) is 7.96. The lowest BCUT2D eigenvalue weighted by Gasteiger charge is -2.28. The van der Waals surface area contributed by atoms with Crippen LogP contribution in [0.1, 0.15) is 57.8 Å². The number of nitrogens with one attached hydrogen (secondary N) is 2. The summed E-state index contributed by atoms with van der Waals surface area (Å²) in [5, 5.41) is 5.10. The lowest BCUT2D eigenvalue weighted by atomic mass is 10.1. The van der Waals surface area contributed by atoms with Gasteiger partial charge in [0.1, 0.15) is 17.7 Å². The van der Waals surface area contributed by atoms with Crippen molar-refractivity contribution < 1.29 is 27.5 Å². The fourth-order valence-electron chi connectivity index (χ4n) is 6.86. The first kappa shape index (κ1) is 30.6. The third-order valence-electron chi connectivity index (χ3n) is 9.74. The van der Waals surface area contributed by atoms with E-state index < -0.39 is 50.8 Å². The van der Waals surface area contributed by atoms with Crippen LogP contribution in [0.25, 0.3) is 21.7 Å². The van der Waals surface area contributed by atoms with E-state index in [0.717, 1.165) is 47.4 Å². The summed E-state index contributed by atoms with van der Waals surface area (Å²) in [5.74, 6) is -1.57. The van der Waals surface area contributed by atoms with Gasteiger partial charge in [-0.2, -0.15) is 0 Å². The van der Waals surface area contributed by atoms with Gasteiger partial charge in [-0.1, -0.05) is 61.4 Å². The first-order valence-electron chi connectivity index (χ1n) is 16.2. The van der Waals surface area contributed by atoms with Gasteiger partial charge in [-0.3, -0.25) is 19.1 Å². The Balaban J connectivity index is 1.18. The number of fused-ring (bicyclic) bond motifs is 5. The number of rotatable bonds is 5. The highest BCUT2D eigenvalue weighted by Crippen LogP contribution is 2.46. The first-order valence-corrected chi connectivity index (χ1v) is 17.8. The minimum absolute atomic E-state index is 0.117. The van der Waals surface area contributed by atoms with Crippen LogP contribution in [0.3, 0.4) is 0 Å².